The van der Waals surface area contributed by atoms with Crippen molar-refractivity contribution >= 4 is 5.69 Å². The van der Waals surface area contributed by atoms with E-state index < -0.39 is 0 Å². The smallest absolute Gasteiger partial charge is 0.0948 e. The number of benzene rings is 1. The van der Waals surface area contributed by atoms with Crippen molar-refractivity contribution < 1.29 is 4.74 Å². The molecule has 1 heterocycles. The summed E-state index contributed by atoms with van der Waals surface area (Å²) in [6.45, 7) is 4.48. The number of anilines is 1. The Labute approximate surface area is 108 Å². The lowest BCUT2D eigenvalue weighted by Crippen LogP contribution is -2.06. The lowest BCUT2D eigenvalue weighted by molar-refractivity contribution is 0.185. The first-order chi connectivity index (χ1) is 8.83. The molecule has 0 saturated carbocycles. The second kappa shape index (κ2) is 6.21. The number of methoxy groups -OCH3 is 1. The van der Waals surface area contributed by atoms with Crippen LogP contribution in [0.1, 0.15) is 18.2 Å². The quantitative estimate of drug-likeness (QED) is 0.850. The van der Waals surface area contributed by atoms with E-state index in [1.54, 1.807) is 7.11 Å². The molecule has 4 nitrogen and oxygen atoms in total. The van der Waals surface area contributed by atoms with Gasteiger partial charge in [0.1, 0.15) is 0 Å². The van der Waals surface area contributed by atoms with E-state index in [4.69, 9.17) is 4.74 Å². The maximum Gasteiger partial charge on any atom is 0.0948 e. The normalized spacial score (nSPS) is 10.6. The van der Waals surface area contributed by atoms with E-state index in [1.807, 2.05) is 18.6 Å². The highest BCUT2D eigenvalue weighted by atomic mass is 16.5. The monoisotopic (exact) mass is 245 g/mol. The van der Waals surface area contributed by atoms with Crippen LogP contribution in [-0.2, 0) is 24.4 Å². The molecule has 0 amide bonds. The van der Waals surface area contributed by atoms with Gasteiger partial charge in [-0.05, 0) is 24.6 Å². The first kappa shape index (κ1) is 12.6. The zero-order valence-electron chi connectivity index (χ0n) is 10.9. The molecular weight excluding hydrogens is 226 g/mol. The van der Waals surface area contributed by atoms with Crippen molar-refractivity contribution in [3.8, 4) is 0 Å². The standard InChI is InChI=1S/C14H19N3O/c1-3-17-11-15-8-14(17)9-16-13-6-4-5-12(7-13)10-18-2/h4-8,11,16H,3,9-10H2,1-2H3. The molecule has 0 aliphatic carbocycles. The van der Waals surface area contributed by atoms with Crippen molar-refractivity contribution in [2.24, 2.45) is 0 Å². The Morgan fingerprint density at radius 3 is 3.06 bits per heavy atom. The summed E-state index contributed by atoms with van der Waals surface area (Å²) >= 11 is 0. The van der Waals surface area contributed by atoms with E-state index >= 15 is 0 Å². The molecule has 0 saturated heterocycles. The van der Waals surface area contributed by atoms with Crippen LogP contribution >= 0.6 is 0 Å². The molecule has 0 bridgehead atoms. The van der Waals surface area contributed by atoms with Crippen LogP contribution in [0.25, 0.3) is 0 Å². The van der Waals surface area contributed by atoms with Gasteiger partial charge in [-0.3, -0.25) is 0 Å². The summed E-state index contributed by atoms with van der Waals surface area (Å²) in [6, 6.07) is 8.26. The summed E-state index contributed by atoms with van der Waals surface area (Å²) in [6.07, 6.45) is 3.76. The SMILES string of the molecule is CCn1cncc1CNc1cccc(COC)c1. The van der Waals surface area contributed by atoms with Crippen LogP contribution in [0.3, 0.4) is 0 Å². The Morgan fingerprint density at radius 2 is 2.28 bits per heavy atom. The molecule has 0 aliphatic heterocycles. The maximum absolute atomic E-state index is 5.13. The summed E-state index contributed by atoms with van der Waals surface area (Å²) in [4.78, 5) is 4.16. The summed E-state index contributed by atoms with van der Waals surface area (Å²) in [7, 11) is 1.71. The van der Waals surface area contributed by atoms with Gasteiger partial charge in [0.15, 0.2) is 0 Å². The molecule has 0 atom stereocenters. The van der Waals surface area contributed by atoms with Gasteiger partial charge in [-0.25, -0.2) is 4.98 Å². The summed E-state index contributed by atoms with van der Waals surface area (Å²) in [5.41, 5.74) is 3.47. The number of hydrogen-bond acceptors (Lipinski definition) is 3. The van der Waals surface area contributed by atoms with Gasteiger partial charge in [0.25, 0.3) is 0 Å². The third-order valence-corrected chi connectivity index (χ3v) is 2.85. The van der Waals surface area contributed by atoms with Gasteiger partial charge in [0, 0.05) is 25.5 Å². The van der Waals surface area contributed by atoms with Crippen LogP contribution in [0.5, 0.6) is 0 Å². The molecule has 0 fully saturated rings. The summed E-state index contributed by atoms with van der Waals surface area (Å²) in [5.74, 6) is 0. The van der Waals surface area contributed by atoms with Crippen molar-refractivity contribution in [1.29, 1.82) is 0 Å². The lowest BCUT2D eigenvalue weighted by Gasteiger charge is -2.09. The number of nitrogens with one attached hydrogen (secondary N) is 1. The van der Waals surface area contributed by atoms with Crippen molar-refractivity contribution in [2.45, 2.75) is 26.6 Å². The highest BCUT2D eigenvalue weighted by molar-refractivity contribution is 5.45. The predicted octanol–water partition coefficient (Wildman–Crippen LogP) is 2.66. The Balaban J connectivity index is 1.99. The Hall–Kier alpha value is -1.81. The number of aromatic nitrogens is 2. The molecule has 96 valence electrons. The van der Waals surface area contributed by atoms with Crippen molar-refractivity contribution in [1.82, 2.24) is 9.55 Å². The van der Waals surface area contributed by atoms with Gasteiger partial charge in [-0.15, -0.1) is 0 Å². The second-order valence-electron chi connectivity index (χ2n) is 4.16. The zero-order chi connectivity index (χ0) is 12.8. The molecule has 1 N–H and O–H groups in total. The van der Waals surface area contributed by atoms with Crippen LogP contribution in [-0.4, -0.2) is 16.7 Å². The molecule has 0 spiro atoms. The Bertz CT molecular complexity index is 493. The van der Waals surface area contributed by atoms with Crippen LogP contribution in [0.15, 0.2) is 36.8 Å². The highest BCUT2D eigenvalue weighted by Gasteiger charge is 2.00. The van der Waals surface area contributed by atoms with Crippen LogP contribution in [0.4, 0.5) is 5.69 Å². The lowest BCUT2D eigenvalue weighted by atomic mass is 10.2. The van der Waals surface area contributed by atoms with E-state index in [2.05, 4.69) is 40.0 Å². The number of aryl methyl sites for hydroxylation is 1. The van der Waals surface area contributed by atoms with Crippen LogP contribution < -0.4 is 5.32 Å². The second-order valence-corrected chi connectivity index (χ2v) is 4.16. The molecular formula is C14H19N3O. The molecule has 0 aliphatic rings. The molecule has 2 aromatic rings. The maximum atomic E-state index is 5.13. The number of hydrogen-bond donors (Lipinski definition) is 1. The Morgan fingerprint density at radius 1 is 1.39 bits per heavy atom. The van der Waals surface area contributed by atoms with E-state index in [0.717, 1.165) is 18.8 Å². The predicted molar refractivity (Wildman–Crippen MR) is 72.4 cm³/mol. The molecule has 4 heteroatoms. The van der Waals surface area contributed by atoms with Gasteiger partial charge in [0.2, 0.25) is 0 Å². The van der Waals surface area contributed by atoms with E-state index in [0.29, 0.717) is 6.61 Å². The molecule has 0 unspecified atom stereocenters. The van der Waals surface area contributed by atoms with Gasteiger partial charge >= 0.3 is 0 Å². The van der Waals surface area contributed by atoms with Gasteiger partial charge < -0.3 is 14.6 Å². The fourth-order valence-electron chi connectivity index (χ4n) is 1.91. The molecule has 18 heavy (non-hydrogen) atoms. The number of nitrogens with zero attached hydrogens (tertiary/aromatic N) is 2. The first-order valence-electron chi connectivity index (χ1n) is 6.14. The third kappa shape index (κ3) is 3.11. The molecule has 1 aromatic carbocycles. The Kier molecular flexibility index (Phi) is 4.36. The van der Waals surface area contributed by atoms with Gasteiger partial charge in [-0.2, -0.15) is 0 Å². The van der Waals surface area contributed by atoms with E-state index in [9.17, 15) is 0 Å². The zero-order valence-corrected chi connectivity index (χ0v) is 10.9. The fourth-order valence-corrected chi connectivity index (χ4v) is 1.91. The molecule has 2 rings (SSSR count). The molecule has 0 radical (unpaired) electrons. The largest absolute Gasteiger partial charge is 0.380 e. The van der Waals surface area contributed by atoms with Crippen molar-refractivity contribution in [3.63, 3.8) is 0 Å². The van der Waals surface area contributed by atoms with E-state index in [1.165, 1.54) is 11.3 Å². The topological polar surface area (TPSA) is 39.1 Å². The minimum atomic E-state index is 0.641. The van der Waals surface area contributed by atoms with Gasteiger partial charge in [0.05, 0.1) is 25.2 Å². The third-order valence-electron chi connectivity index (χ3n) is 2.85. The highest BCUT2D eigenvalue weighted by Crippen LogP contribution is 2.12. The van der Waals surface area contributed by atoms with Crippen molar-refractivity contribution in [2.75, 3.05) is 12.4 Å². The minimum absolute atomic E-state index is 0.641. The first-order valence-corrected chi connectivity index (χ1v) is 6.14. The molecule has 1 aromatic heterocycles. The van der Waals surface area contributed by atoms with Crippen LogP contribution in [0, 0.1) is 0 Å². The summed E-state index contributed by atoms with van der Waals surface area (Å²) in [5, 5.41) is 3.40. The van der Waals surface area contributed by atoms with Gasteiger partial charge in [-0.1, -0.05) is 12.1 Å². The number of ether oxygens (including phenoxy) is 1. The number of rotatable bonds is 6. The average molecular weight is 245 g/mol. The summed E-state index contributed by atoms with van der Waals surface area (Å²) < 4.78 is 7.26. The van der Waals surface area contributed by atoms with E-state index in [-0.39, 0.29) is 0 Å². The number of imidazole rings is 1. The average Bonchev–Trinajstić information content (AvgIpc) is 2.84. The van der Waals surface area contributed by atoms with Crippen molar-refractivity contribution in [3.05, 3.63) is 48.0 Å². The van der Waals surface area contributed by atoms with Crippen LogP contribution in [0.2, 0.25) is 0 Å². The fraction of sp³-hybridized carbons (Fsp3) is 0.357. The minimum Gasteiger partial charge on any atom is -0.380 e.